The first-order chi connectivity index (χ1) is 10.1. The number of aliphatic hydroxyl groups excluding tert-OH is 1. The van der Waals surface area contributed by atoms with E-state index in [2.05, 4.69) is 18.0 Å². The van der Waals surface area contributed by atoms with Gasteiger partial charge in [0.2, 0.25) is 0 Å². The number of rotatable bonds is 4. The highest BCUT2D eigenvalue weighted by atomic mass is 16.3. The summed E-state index contributed by atoms with van der Waals surface area (Å²) in [4.78, 5) is 2.24. The van der Waals surface area contributed by atoms with E-state index in [0.717, 1.165) is 41.4 Å². The zero-order valence-electron chi connectivity index (χ0n) is 12.2. The van der Waals surface area contributed by atoms with Gasteiger partial charge >= 0.3 is 0 Å². The number of nitrogens with zero attached hydrogens (tertiary/aromatic N) is 1. The number of amidine groups is 1. The van der Waals surface area contributed by atoms with E-state index in [1.165, 1.54) is 0 Å². The van der Waals surface area contributed by atoms with Gasteiger partial charge in [-0.05, 0) is 36.3 Å². The van der Waals surface area contributed by atoms with Gasteiger partial charge in [-0.2, -0.15) is 0 Å². The van der Waals surface area contributed by atoms with E-state index in [9.17, 15) is 5.11 Å². The summed E-state index contributed by atoms with van der Waals surface area (Å²) in [5, 5.41) is 19.3. The largest absolute Gasteiger partial charge is 0.393 e. The molecule has 0 spiro atoms. The molecule has 4 N–H and O–H groups in total. The third kappa shape index (κ3) is 2.59. The molecular formula is C17H21N3O. The summed E-state index contributed by atoms with van der Waals surface area (Å²) in [6, 6.07) is 12.0. The highest BCUT2D eigenvalue weighted by molar-refractivity contribution is 6.10. The van der Waals surface area contributed by atoms with Gasteiger partial charge in [0.1, 0.15) is 5.84 Å². The van der Waals surface area contributed by atoms with Gasteiger partial charge in [-0.3, -0.25) is 5.41 Å². The smallest absolute Gasteiger partial charge is 0.123 e. The molecular weight excluding hydrogens is 262 g/mol. The number of aliphatic hydroxyl groups is 1. The Hall–Kier alpha value is -2.07. The van der Waals surface area contributed by atoms with Crippen LogP contribution in [0.1, 0.15) is 18.4 Å². The van der Waals surface area contributed by atoms with E-state index < -0.39 is 0 Å². The van der Waals surface area contributed by atoms with Crippen molar-refractivity contribution in [2.45, 2.75) is 18.9 Å². The van der Waals surface area contributed by atoms with Crippen molar-refractivity contribution in [3.63, 3.8) is 0 Å². The van der Waals surface area contributed by atoms with Crippen LogP contribution in [0.3, 0.4) is 0 Å². The summed E-state index contributed by atoms with van der Waals surface area (Å²) >= 11 is 0. The number of fused-ring (bicyclic) bond motifs is 1. The van der Waals surface area contributed by atoms with Crippen LogP contribution in [0.25, 0.3) is 10.8 Å². The molecule has 1 aliphatic carbocycles. The van der Waals surface area contributed by atoms with E-state index in [4.69, 9.17) is 11.1 Å². The molecule has 4 heteroatoms. The van der Waals surface area contributed by atoms with Crippen LogP contribution in [0, 0.1) is 11.3 Å². The molecule has 0 amide bonds. The molecule has 0 unspecified atom stereocenters. The average Bonchev–Trinajstić information content (AvgIpc) is 2.44. The Morgan fingerprint density at radius 2 is 1.90 bits per heavy atom. The lowest BCUT2D eigenvalue weighted by atomic mass is 9.82. The minimum atomic E-state index is -0.111. The molecule has 3 rings (SSSR count). The van der Waals surface area contributed by atoms with Crippen molar-refractivity contribution in [3.05, 3.63) is 42.0 Å². The molecule has 1 aliphatic rings. The fourth-order valence-electron chi connectivity index (χ4n) is 3.19. The summed E-state index contributed by atoms with van der Waals surface area (Å²) in [6.07, 6.45) is 1.68. The van der Waals surface area contributed by atoms with Crippen molar-refractivity contribution < 1.29 is 5.11 Å². The number of benzene rings is 2. The zero-order valence-corrected chi connectivity index (χ0v) is 12.2. The number of hydrogen-bond donors (Lipinski definition) is 3. The minimum absolute atomic E-state index is 0.0996. The number of nitrogens with one attached hydrogen (secondary N) is 1. The quantitative estimate of drug-likeness (QED) is 0.595. The number of hydrogen-bond acceptors (Lipinski definition) is 3. The molecule has 0 saturated heterocycles. The number of anilines is 1. The van der Waals surface area contributed by atoms with Crippen LogP contribution in [-0.2, 0) is 0 Å². The van der Waals surface area contributed by atoms with Crippen molar-refractivity contribution >= 4 is 22.3 Å². The maximum Gasteiger partial charge on any atom is 0.123 e. The van der Waals surface area contributed by atoms with Gasteiger partial charge in [-0.25, -0.2) is 0 Å². The fraction of sp³-hybridized carbons (Fsp3) is 0.353. The second-order valence-corrected chi connectivity index (χ2v) is 5.96. The Balaban J connectivity index is 1.95. The highest BCUT2D eigenvalue weighted by Gasteiger charge is 2.28. The third-order valence-electron chi connectivity index (χ3n) is 4.35. The van der Waals surface area contributed by atoms with Gasteiger partial charge in [0.05, 0.1) is 6.10 Å². The predicted molar refractivity (Wildman–Crippen MR) is 87.0 cm³/mol. The maximum absolute atomic E-state index is 9.42. The van der Waals surface area contributed by atoms with E-state index in [-0.39, 0.29) is 11.9 Å². The molecule has 110 valence electrons. The monoisotopic (exact) mass is 283 g/mol. The van der Waals surface area contributed by atoms with Crippen LogP contribution in [-0.4, -0.2) is 30.6 Å². The Labute approximate surface area is 124 Å². The predicted octanol–water partition coefficient (Wildman–Crippen LogP) is 2.33. The molecule has 1 saturated carbocycles. The lowest BCUT2D eigenvalue weighted by Gasteiger charge is -2.35. The van der Waals surface area contributed by atoms with Gasteiger partial charge in [0.15, 0.2) is 0 Å². The van der Waals surface area contributed by atoms with Crippen LogP contribution in [0.5, 0.6) is 0 Å². The minimum Gasteiger partial charge on any atom is -0.393 e. The van der Waals surface area contributed by atoms with Crippen molar-refractivity contribution in [1.29, 1.82) is 5.41 Å². The molecule has 4 nitrogen and oxygen atoms in total. The van der Waals surface area contributed by atoms with Gasteiger partial charge in [0, 0.05) is 30.2 Å². The standard InChI is InChI=1S/C17H21N3O/c1-20(10-11-8-12(21)9-11)16-7-6-15(17(18)19)13-4-2-3-5-14(13)16/h2-7,11-12,21H,8-10H2,1H3,(H3,18,19). The summed E-state index contributed by atoms with van der Waals surface area (Å²) < 4.78 is 0. The fourth-order valence-corrected chi connectivity index (χ4v) is 3.19. The summed E-state index contributed by atoms with van der Waals surface area (Å²) in [7, 11) is 2.08. The lowest BCUT2D eigenvalue weighted by molar-refractivity contribution is 0.0465. The first-order valence-corrected chi connectivity index (χ1v) is 7.31. The Kier molecular flexibility index (Phi) is 3.55. The molecule has 0 atom stereocenters. The molecule has 0 aromatic heterocycles. The summed E-state index contributed by atoms with van der Waals surface area (Å²) in [5.74, 6) is 0.666. The topological polar surface area (TPSA) is 73.3 Å². The average molecular weight is 283 g/mol. The van der Waals surface area contributed by atoms with Crippen molar-refractivity contribution in [2.24, 2.45) is 11.7 Å². The third-order valence-corrected chi connectivity index (χ3v) is 4.35. The second kappa shape index (κ2) is 5.37. The normalized spacial score (nSPS) is 21.0. The second-order valence-electron chi connectivity index (χ2n) is 5.96. The molecule has 2 aromatic rings. The number of nitrogen functional groups attached to an aromatic ring is 1. The Morgan fingerprint density at radius 1 is 1.24 bits per heavy atom. The van der Waals surface area contributed by atoms with Crippen molar-refractivity contribution in [3.8, 4) is 0 Å². The van der Waals surface area contributed by atoms with Crippen LogP contribution in [0.15, 0.2) is 36.4 Å². The summed E-state index contributed by atoms with van der Waals surface area (Å²) in [6.45, 7) is 0.945. The maximum atomic E-state index is 9.42. The van der Waals surface area contributed by atoms with Gasteiger partial charge in [-0.1, -0.05) is 24.3 Å². The summed E-state index contributed by atoms with van der Waals surface area (Å²) in [5.41, 5.74) is 7.60. The van der Waals surface area contributed by atoms with E-state index >= 15 is 0 Å². The lowest BCUT2D eigenvalue weighted by Crippen LogP contribution is -2.37. The van der Waals surface area contributed by atoms with E-state index in [1.54, 1.807) is 0 Å². The van der Waals surface area contributed by atoms with E-state index in [0.29, 0.717) is 5.92 Å². The molecule has 0 radical (unpaired) electrons. The van der Waals surface area contributed by atoms with Crippen LogP contribution in [0.4, 0.5) is 5.69 Å². The molecule has 0 aliphatic heterocycles. The Morgan fingerprint density at radius 3 is 2.52 bits per heavy atom. The molecule has 1 fully saturated rings. The van der Waals surface area contributed by atoms with Crippen LogP contribution >= 0.6 is 0 Å². The molecule has 0 heterocycles. The van der Waals surface area contributed by atoms with Crippen molar-refractivity contribution in [1.82, 2.24) is 0 Å². The van der Waals surface area contributed by atoms with Gasteiger partial charge in [0.25, 0.3) is 0 Å². The van der Waals surface area contributed by atoms with E-state index in [1.807, 2.05) is 30.3 Å². The zero-order chi connectivity index (χ0) is 15.0. The molecule has 0 bridgehead atoms. The molecule has 21 heavy (non-hydrogen) atoms. The first-order valence-electron chi connectivity index (χ1n) is 7.31. The Bertz CT molecular complexity index is 677. The van der Waals surface area contributed by atoms with Gasteiger partial charge < -0.3 is 15.7 Å². The SMILES string of the molecule is CN(CC1CC(O)C1)c1ccc(C(=N)N)c2ccccc12. The first kappa shape index (κ1) is 13.9. The van der Waals surface area contributed by atoms with Crippen molar-refractivity contribution in [2.75, 3.05) is 18.5 Å². The highest BCUT2D eigenvalue weighted by Crippen LogP contribution is 2.32. The van der Waals surface area contributed by atoms with Crippen LogP contribution < -0.4 is 10.6 Å². The number of nitrogens with two attached hydrogens (primary N) is 1. The van der Waals surface area contributed by atoms with Crippen LogP contribution in [0.2, 0.25) is 0 Å². The van der Waals surface area contributed by atoms with Gasteiger partial charge in [-0.15, -0.1) is 0 Å². The molecule has 2 aromatic carbocycles.